The van der Waals surface area contributed by atoms with E-state index < -0.39 is 16.8 Å². The summed E-state index contributed by atoms with van der Waals surface area (Å²) >= 11 is 0. The fourth-order valence-corrected chi connectivity index (χ4v) is 2.14. The molecule has 0 heterocycles. The highest BCUT2D eigenvalue weighted by Crippen LogP contribution is 2.24. The Kier molecular flexibility index (Phi) is 4.57. The number of halogens is 3. The fourth-order valence-electron chi connectivity index (χ4n) is 1.53. The molecule has 0 amide bonds. The lowest BCUT2D eigenvalue weighted by molar-refractivity contribution is -0.274. The van der Waals surface area contributed by atoms with Gasteiger partial charge in [-0.15, -0.1) is 17.4 Å². The Labute approximate surface area is 124 Å². The van der Waals surface area contributed by atoms with Crippen LogP contribution in [0, 0.1) is 0 Å². The maximum absolute atomic E-state index is 11.9. The topological polar surface area (TPSA) is 64.6 Å². The number of hydrogen-bond donors (Lipinski definition) is 1. The molecule has 22 heavy (non-hydrogen) atoms. The predicted octanol–water partition coefficient (Wildman–Crippen LogP) is 3.59. The molecule has 9 heteroatoms. The van der Waals surface area contributed by atoms with Crippen molar-refractivity contribution in [1.29, 1.82) is 0 Å². The lowest BCUT2D eigenvalue weighted by atomic mass is 10.2. The van der Waals surface area contributed by atoms with Crippen LogP contribution in [0.15, 0.2) is 54.6 Å². The van der Waals surface area contributed by atoms with Crippen molar-refractivity contribution in [3.8, 4) is 5.75 Å². The van der Waals surface area contributed by atoms with Crippen LogP contribution in [0.4, 0.5) is 24.5 Å². The van der Waals surface area contributed by atoms with Crippen LogP contribution >= 0.6 is 0 Å². The van der Waals surface area contributed by atoms with Gasteiger partial charge in [0.15, 0.2) is 0 Å². The number of alkyl halides is 3. The molecule has 0 radical (unpaired) electrons. The summed E-state index contributed by atoms with van der Waals surface area (Å²) in [5.41, 5.74) is 1.40. The van der Waals surface area contributed by atoms with Gasteiger partial charge in [-0.25, -0.2) is 0 Å². The Morgan fingerprint density at radius 2 is 1.41 bits per heavy atom. The number of rotatable bonds is 5. The van der Waals surface area contributed by atoms with E-state index >= 15 is 0 Å². The van der Waals surface area contributed by atoms with Gasteiger partial charge in [-0.05, 0) is 36.4 Å². The zero-order valence-corrected chi connectivity index (χ0v) is 11.7. The number of hydrogen-bond acceptors (Lipinski definition) is 5. The summed E-state index contributed by atoms with van der Waals surface area (Å²) in [6.45, 7) is 0. The molecule has 118 valence electrons. The van der Waals surface area contributed by atoms with Crippen molar-refractivity contribution in [1.82, 2.24) is 0 Å². The molecule has 2 aromatic rings. The molecule has 1 N–H and O–H groups in total. The maximum Gasteiger partial charge on any atom is 0.539 e. The summed E-state index contributed by atoms with van der Waals surface area (Å²) in [7, 11) is -5.21. The predicted molar refractivity (Wildman–Crippen MR) is 72.9 cm³/mol. The number of benzene rings is 2. The second kappa shape index (κ2) is 6.24. The van der Waals surface area contributed by atoms with Crippen molar-refractivity contribution in [3.05, 3.63) is 54.6 Å². The van der Waals surface area contributed by atoms with Crippen LogP contribution in [0.5, 0.6) is 5.75 Å². The van der Waals surface area contributed by atoms with Gasteiger partial charge in [0.2, 0.25) is 0 Å². The van der Waals surface area contributed by atoms with Crippen molar-refractivity contribution in [3.63, 3.8) is 0 Å². The summed E-state index contributed by atoms with van der Waals surface area (Å²) in [6, 6.07) is 14.4. The van der Waals surface area contributed by atoms with Crippen molar-refractivity contribution in [2.24, 2.45) is 0 Å². The van der Waals surface area contributed by atoms with Gasteiger partial charge in [-0.1, -0.05) is 18.2 Å². The van der Waals surface area contributed by atoms with Crippen LogP contribution in [-0.2, 0) is 14.6 Å². The molecule has 0 aliphatic rings. The largest absolute Gasteiger partial charge is 0.539 e. The highest BCUT2D eigenvalue weighted by atomic mass is 32.3. The zero-order chi connectivity index (χ0) is 16.2. The Hall–Kier alpha value is -2.26. The molecular weight excluding hydrogens is 323 g/mol. The van der Waals surface area contributed by atoms with Crippen LogP contribution in [0.2, 0.25) is 0 Å². The number of para-hydroxylation sites is 1. The third kappa shape index (κ3) is 5.26. The van der Waals surface area contributed by atoms with Crippen molar-refractivity contribution < 1.29 is 30.0 Å². The molecule has 0 aromatic heterocycles. The first-order valence-corrected chi connectivity index (χ1v) is 7.21. The Morgan fingerprint density at radius 1 is 0.864 bits per heavy atom. The normalized spacial score (nSPS) is 12.0. The van der Waals surface area contributed by atoms with Gasteiger partial charge in [0.05, 0.1) is 0 Å². The molecular formula is C13H10F3NO4S. The molecule has 0 unspecified atom stereocenters. The van der Waals surface area contributed by atoms with E-state index in [4.69, 9.17) is 0 Å². The third-order valence-electron chi connectivity index (χ3n) is 2.31. The summed E-state index contributed by atoms with van der Waals surface area (Å²) in [4.78, 5) is 0. The lowest BCUT2D eigenvalue weighted by Crippen LogP contribution is -2.23. The van der Waals surface area contributed by atoms with E-state index in [1.54, 1.807) is 0 Å². The van der Waals surface area contributed by atoms with Gasteiger partial charge < -0.3 is 9.50 Å². The van der Waals surface area contributed by atoms with Crippen LogP contribution < -0.4 is 9.50 Å². The molecule has 0 atom stereocenters. The highest BCUT2D eigenvalue weighted by molar-refractivity contribution is 7.82. The molecule has 5 nitrogen and oxygen atoms in total. The fraction of sp³-hybridized carbons (Fsp3) is 0.0769. The van der Waals surface area contributed by atoms with Gasteiger partial charge in [0, 0.05) is 11.4 Å². The average Bonchev–Trinajstić information content (AvgIpc) is 2.39. The van der Waals surface area contributed by atoms with Crippen LogP contribution in [-0.4, -0.2) is 14.8 Å². The monoisotopic (exact) mass is 333 g/mol. The summed E-state index contributed by atoms with van der Waals surface area (Å²) in [5, 5.41) is 3.02. The molecule has 0 aliphatic heterocycles. The van der Waals surface area contributed by atoms with E-state index in [2.05, 4.69) is 13.7 Å². The smallest absolute Gasteiger partial charge is 0.361 e. The first-order chi connectivity index (χ1) is 10.2. The summed E-state index contributed by atoms with van der Waals surface area (Å²) in [6.07, 6.45) is -5.34. The Balaban J connectivity index is 2.03. The van der Waals surface area contributed by atoms with E-state index in [9.17, 15) is 21.6 Å². The highest BCUT2D eigenvalue weighted by Gasteiger charge is 2.38. The van der Waals surface area contributed by atoms with Gasteiger partial charge in [0.1, 0.15) is 5.75 Å². The van der Waals surface area contributed by atoms with Gasteiger partial charge in [-0.3, -0.25) is 0 Å². The molecule has 2 rings (SSSR count). The minimum Gasteiger partial charge on any atom is -0.361 e. The quantitative estimate of drug-likeness (QED) is 0.906. The van der Waals surface area contributed by atoms with E-state index in [1.807, 2.05) is 30.3 Å². The lowest BCUT2D eigenvalue weighted by Gasteiger charge is -2.10. The van der Waals surface area contributed by atoms with Crippen molar-refractivity contribution in [2.75, 3.05) is 5.32 Å². The molecule has 0 saturated heterocycles. The SMILES string of the molecule is O=S(=O)(Oc1ccc(Nc2ccccc2)cc1)OC(F)(F)F. The zero-order valence-electron chi connectivity index (χ0n) is 10.9. The van der Waals surface area contributed by atoms with E-state index in [0.717, 1.165) is 5.69 Å². The minimum absolute atomic E-state index is 0.303. The molecule has 0 saturated carbocycles. The third-order valence-corrected chi connectivity index (χ3v) is 3.10. The van der Waals surface area contributed by atoms with Crippen LogP contribution in [0.25, 0.3) is 0 Å². The van der Waals surface area contributed by atoms with Gasteiger partial charge in [0.25, 0.3) is 0 Å². The van der Waals surface area contributed by atoms with Gasteiger partial charge in [-0.2, -0.15) is 8.42 Å². The molecule has 0 aliphatic carbocycles. The van der Waals surface area contributed by atoms with Crippen molar-refractivity contribution >= 4 is 21.8 Å². The molecule has 0 bridgehead atoms. The van der Waals surface area contributed by atoms with E-state index in [0.29, 0.717) is 5.69 Å². The number of nitrogens with one attached hydrogen (secondary N) is 1. The van der Waals surface area contributed by atoms with Crippen molar-refractivity contribution in [2.45, 2.75) is 6.36 Å². The molecule has 0 spiro atoms. The first-order valence-electron chi connectivity index (χ1n) is 5.87. The van der Waals surface area contributed by atoms with E-state index in [-0.39, 0.29) is 5.75 Å². The first kappa shape index (κ1) is 16.1. The summed E-state index contributed by atoms with van der Waals surface area (Å²) in [5.74, 6) is -0.303. The van der Waals surface area contributed by atoms with Gasteiger partial charge >= 0.3 is 16.8 Å². The maximum atomic E-state index is 11.9. The standard InChI is InChI=1S/C13H10F3NO4S/c14-13(15,16)21-22(18,19)20-12-8-6-11(7-9-12)17-10-4-2-1-3-5-10/h1-9,17H. The van der Waals surface area contributed by atoms with Crippen LogP contribution in [0.3, 0.4) is 0 Å². The summed E-state index contributed by atoms with van der Waals surface area (Å²) < 4.78 is 64.7. The minimum atomic E-state index is -5.34. The van der Waals surface area contributed by atoms with Crippen LogP contribution in [0.1, 0.15) is 0 Å². The second-order valence-electron chi connectivity index (χ2n) is 4.04. The molecule has 2 aromatic carbocycles. The Bertz CT molecular complexity index is 715. The molecule has 0 fully saturated rings. The van der Waals surface area contributed by atoms with E-state index in [1.165, 1.54) is 24.3 Å². The average molecular weight is 333 g/mol. The second-order valence-corrected chi connectivity index (χ2v) is 5.19. The Morgan fingerprint density at radius 3 is 1.95 bits per heavy atom. The number of anilines is 2.